The number of aromatic nitrogens is 4. The van der Waals surface area contributed by atoms with E-state index in [4.69, 9.17) is 0 Å². The summed E-state index contributed by atoms with van der Waals surface area (Å²) in [6.07, 6.45) is 2.69. The fourth-order valence-electron chi connectivity index (χ4n) is 2.21. The van der Waals surface area contributed by atoms with Gasteiger partial charge in [-0.3, -0.25) is 4.98 Å². The summed E-state index contributed by atoms with van der Waals surface area (Å²) in [5, 5.41) is 12.5. The highest BCUT2D eigenvalue weighted by Crippen LogP contribution is 2.16. The molecule has 0 aliphatic carbocycles. The van der Waals surface area contributed by atoms with Crippen molar-refractivity contribution in [3.05, 3.63) is 53.5 Å². The first-order valence-electron chi connectivity index (χ1n) is 6.98. The van der Waals surface area contributed by atoms with Crippen LogP contribution in [0.2, 0.25) is 0 Å². The molecule has 2 aromatic heterocycles. The molecule has 3 aromatic rings. The Balaban J connectivity index is 1.70. The van der Waals surface area contributed by atoms with E-state index in [1.54, 1.807) is 0 Å². The number of pyridine rings is 1. The van der Waals surface area contributed by atoms with E-state index in [0.29, 0.717) is 5.95 Å². The molecule has 0 unspecified atom stereocenters. The van der Waals surface area contributed by atoms with E-state index < -0.39 is 0 Å². The van der Waals surface area contributed by atoms with Crippen molar-refractivity contribution in [3.8, 4) is 0 Å². The second-order valence-electron chi connectivity index (χ2n) is 4.98. The molecule has 0 spiro atoms. The number of anilines is 1. The SMILES string of the molecule is Cc1nnc(NCCc2cccc3cccnc23)nc1C. The van der Waals surface area contributed by atoms with Crippen LogP contribution in [0.25, 0.3) is 10.9 Å². The van der Waals surface area contributed by atoms with Crippen LogP contribution < -0.4 is 5.32 Å². The zero-order valence-electron chi connectivity index (χ0n) is 12.2. The van der Waals surface area contributed by atoms with Gasteiger partial charge in [0.15, 0.2) is 0 Å². The van der Waals surface area contributed by atoms with Gasteiger partial charge in [0.25, 0.3) is 0 Å². The lowest BCUT2D eigenvalue weighted by atomic mass is 10.1. The van der Waals surface area contributed by atoms with Gasteiger partial charge in [0.05, 0.1) is 16.9 Å². The van der Waals surface area contributed by atoms with Gasteiger partial charge in [0.1, 0.15) is 0 Å². The fraction of sp³-hybridized carbons (Fsp3) is 0.250. The third kappa shape index (κ3) is 2.97. The average Bonchev–Trinajstić information content (AvgIpc) is 2.51. The molecule has 0 fully saturated rings. The Morgan fingerprint density at radius 2 is 1.86 bits per heavy atom. The zero-order chi connectivity index (χ0) is 14.7. The van der Waals surface area contributed by atoms with Gasteiger partial charge in [-0.25, -0.2) is 4.98 Å². The summed E-state index contributed by atoms with van der Waals surface area (Å²) in [4.78, 5) is 8.83. The molecule has 2 heterocycles. The maximum absolute atomic E-state index is 4.46. The molecule has 0 saturated carbocycles. The van der Waals surface area contributed by atoms with Crippen molar-refractivity contribution in [2.45, 2.75) is 20.3 Å². The van der Waals surface area contributed by atoms with E-state index in [2.05, 4.69) is 49.7 Å². The first kappa shape index (κ1) is 13.4. The summed E-state index contributed by atoms with van der Waals surface area (Å²) in [6.45, 7) is 4.59. The third-order valence-electron chi connectivity index (χ3n) is 3.49. The normalized spacial score (nSPS) is 10.8. The summed E-state index contributed by atoms with van der Waals surface area (Å²) in [7, 11) is 0. The molecule has 0 atom stereocenters. The van der Waals surface area contributed by atoms with Gasteiger partial charge >= 0.3 is 0 Å². The lowest BCUT2D eigenvalue weighted by Gasteiger charge is -2.07. The number of rotatable bonds is 4. The highest BCUT2D eigenvalue weighted by atomic mass is 15.2. The lowest BCUT2D eigenvalue weighted by molar-refractivity contribution is 0.878. The van der Waals surface area contributed by atoms with E-state index in [0.717, 1.165) is 29.9 Å². The fourth-order valence-corrected chi connectivity index (χ4v) is 2.21. The predicted molar refractivity (Wildman–Crippen MR) is 83.2 cm³/mol. The van der Waals surface area contributed by atoms with Gasteiger partial charge in [-0.2, -0.15) is 5.10 Å². The Kier molecular flexibility index (Phi) is 3.73. The summed E-state index contributed by atoms with van der Waals surface area (Å²) < 4.78 is 0. The van der Waals surface area contributed by atoms with Gasteiger partial charge in [-0.15, -0.1) is 5.10 Å². The van der Waals surface area contributed by atoms with Crippen molar-refractivity contribution >= 4 is 16.9 Å². The van der Waals surface area contributed by atoms with Crippen molar-refractivity contribution in [1.82, 2.24) is 20.2 Å². The largest absolute Gasteiger partial charge is 0.353 e. The highest BCUT2D eigenvalue weighted by molar-refractivity contribution is 5.81. The van der Waals surface area contributed by atoms with Crippen LogP contribution >= 0.6 is 0 Å². The van der Waals surface area contributed by atoms with Gasteiger partial charge in [-0.1, -0.05) is 24.3 Å². The molecule has 0 bridgehead atoms. The van der Waals surface area contributed by atoms with Gasteiger partial charge in [0, 0.05) is 18.1 Å². The monoisotopic (exact) mass is 279 g/mol. The Labute approximate surface area is 123 Å². The van der Waals surface area contributed by atoms with E-state index in [1.807, 2.05) is 26.1 Å². The van der Waals surface area contributed by atoms with Crippen molar-refractivity contribution in [2.75, 3.05) is 11.9 Å². The van der Waals surface area contributed by atoms with Crippen molar-refractivity contribution in [2.24, 2.45) is 0 Å². The molecule has 0 aliphatic heterocycles. The van der Waals surface area contributed by atoms with Gasteiger partial charge in [0.2, 0.25) is 5.95 Å². The number of benzene rings is 1. The summed E-state index contributed by atoms with van der Waals surface area (Å²) in [5.41, 5.74) is 4.04. The number of nitrogens with zero attached hydrogens (tertiary/aromatic N) is 4. The van der Waals surface area contributed by atoms with Crippen LogP contribution in [0.3, 0.4) is 0 Å². The second-order valence-corrected chi connectivity index (χ2v) is 4.98. The number of para-hydroxylation sites is 1. The summed E-state index contributed by atoms with van der Waals surface area (Å²) in [5.74, 6) is 0.575. The molecule has 0 radical (unpaired) electrons. The minimum absolute atomic E-state index is 0.575. The highest BCUT2D eigenvalue weighted by Gasteiger charge is 2.03. The first-order chi connectivity index (χ1) is 10.2. The van der Waals surface area contributed by atoms with Crippen LogP contribution in [0.1, 0.15) is 17.0 Å². The van der Waals surface area contributed by atoms with Crippen LogP contribution in [0.5, 0.6) is 0 Å². The van der Waals surface area contributed by atoms with Crippen LogP contribution in [-0.2, 0) is 6.42 Å². The molecule has 5 heteroatoms. The number of aryl methyl sites for hydroxylation is 2. The Hall–Kier alpha value is -2.56. The summed E-state index contributed by atoms with van der Waals surface area (Å²) >= 11 is 0. The van der Waals surface area contributed by atoms with E-state index in [9.17, 15) is 0 Å². The molecule has 0 aliphatic rings. The lowest BCUT2D eigenvalue weighted by Crippen LogP contribution is -2.10. The zero-order valence-corrected chi connectivity index (χ0v) is 12.2. The standard InChI is InChI=1S/C16H17N5/c1-11-12(2)20-21-16(19-11)18-10-8-14-6-3-5-13-7-4-9-17-15(13)14/h3-7,9H,8,10H2,1-2H3,(H,18,19,21). The minimum atomic E-state index is 0.575. The summed E-state index contributed by atoms with van der Waals surface area (Å²) in [6, 6.07) is 10.3. The Morgan fingerprint density at radius 1 is 1.00 bits per heavy atom. The Bertz CT molecular complexity index is 764. The molecule has 5 nitrogen and oxygen atoms in total. The third-order valence-corrected chi connectivity index (χ3v) is 3.49. The van der Waals surface area contributed by atoms with E-state index in [1.165, 1.54) is 10.9 Å². The topological polar surface area (TPSA) is 63.6 Å². The molecular weight excluding hydrogens is 262 g/mol. The van der Waals surface area contributed by atoms with E-state index in [-0.39, 0.29) is 0 Å². The molecule has 106 valence electrons. The number of hydrogen-bond acceptors (Lipinski definition) is 5. The molecule has 0 amide bonds. The van der Waals surface area contributed by atoms with Crippen LogP contribution in [0.4, 0.5) is 5.95 Å². The van der Waals surface area contributed by atoms with Crippen LogP contribution in [0, 0.1) is 13.8 Å². The van der Waals surface area contributed by atoms with Crippen molar-refractivity contribution in [3.63, 3.8) is 0 Å². The molecule has 1 N–H and O–H groups in total. The first-order valence-corrected chi connectivity index (χ1v) is 6.98. The number of nitrogens with one attached hydrogen (secondary N) is 1. The molecule has 1 aromatic carbocycles. The molecular formula is C16H17N5. The average molecular weight is 279 g/mol. The minimum Gasteiger partial charge on any atom is -0.353 e. The molecule has 3 rings (SSSR count). The van der Waals surface area contributed by atoms with Gasteiger partial charge < -0.3 is 5.32 Å². The molecule has 21 heavy (non-hydrogen) atoms. The van der Waals surface area contributed by atoms with Crippen LogP contribution in [0.15, 0.2) is 36.5 Å². The number of fused-ring (bicyclic) bond motifs is 1. The van der Waals surface area contributed by atoms with Crippen molar-refractivity contribution < 1.29 is 0 Å². The molecule has 0 saturated heterocycles. The predicted octanol–water partition coefficient (Wildman–Crippen LogP) is 2.69. The van der Waals surface area contributed by atoms with Crippen LogP contribution in [-0.4, -0.2) is 26.7 Å². The van der Waals surface area contributed by atoms with Crippen molar-refractivity contribution in [1.29, 1.82) is 0 Å². The van der Waals surface area contributed by atoms with Gasteiger partial charge in [-0.05, 0) is 31.9 Å². The second kappa shape index (κ2) is 5.83. The smallest absolute Gasteiger partial charge is 0.242 e. The van der Waals surface area contributed by atoms with E-state index >= 15 is 0 Å². The number of hydrogen-bond donors (Lipinski definition) is 1. The Morgan fingerprint density at radius 3 is 2.71 bits per heavy atom. The maximum atomic E-state index is 4.46. The maximum Gasteiger partial charge on any atom is 0.242 e. The quantitative estimate of drug-likeness (QED) is 0.795.